The van der Waals surface area contributed by atoms with Gasteiger partial charge in [-0.15, -0.1) is 0 Å². The van der Waals surface area contributed by atoms with Gasteiger partial charge in [-0.2, -0.15) is 18.3 Å². The fourth-order valence-electron chi connectivity index (χ4n) is 3.21. The highest BCUT2D eigenvalue weighted by Gasteiger charge is 2.41. The Hall–Kier alpha value is -3.66. The number of allylic oxidation sites excluding steroid dienone is 4. The minimum absolute atomic E-state index is 0.0988. The van der Waals surface area contributed by atoms with E-state index in [2.05, 4.69) is 28.7 Å². The van der Waals surface area contributed by atoms with Crippen LogP contribution in [0.15, 0.2) is 66.5 Å². The maximum Gasteiger partial charge on any atom is 0.434 e. The summed E-state index contributed by atoms with van der Waals surface area (Å²) in [6.07, 6.45) is 0.0976. The number of aromatic nitrogens is 2. The molecule has 0 radical (unpaired) electrons. The lowest BCUT2D eigenvalue weighted by atomic mass is 9.92. The molecule has 2 aromatic rings. The molecule has 0 atom stereocenters. The summed E-state index contributed by atoms with van der Waals surface area (Å²) in [6, 6.07) is 3.77. The van der Waals surface area contributed by atoms with Gasteiger partial charge in [0.15, 0.2) is 5.69 Å². The van der Waals surface area contributed by atoms with Gasteiger partial charge in [0.25, 0.3) is 5.91 Å². The molecule has 0 fully saturated rings. The van der Waals surface area contributed by atoms with Crippen LogP contribution in [-0.2, 0) is 15.8 Å². The molecule has 33 heavy (non-hydrogen) atoms. The molecule has 0 aliphatic carbocycles. The lowest BCUT2D eigenvalue weighted by Gasteiger charge is -2.22. The highest BCUT2D eigenvalue weighted by molar-refractivity contribution is 6.39. The summed E-state index contributed by atoms with van der Waals surface area (Å²) in [5.41, 5.74) is -2.89. The quantitative estimate of drug-likeness (QED) is 0.475. The number of oxime groups is 1. The number of nitrogens with one attached hydrogen (secondary N) is 1. The van der Waals surface area contributed by atoms with Gasteiger partial charge < -0.3 is 10.2 Å². The van der Waals surface area contributed by atoms with Gasteiger partial charge in [0.2, 0.25) is 0 Å². The largest absolute Gasteiger partial charge is 0.434 e. The Morgan fingerprint density at radius 3 is 2.70 bits per heavy atom. The predicted molar refractivity (Wildman–Crippen MR) is 117 cm³/mol. The average Bonchev–Trinajstić information content (AvgIpc) is 3.22. The summed E-state index contributed by atoms with van der Waals surface area (Å²) in [7, 11) is 1.28. The summed E-state index contributed by atoms with van der Waals surface area (Å²) < 4.78 is 57.5. The molecule has 0 saturated heterocycles. The normalized spacial score (nSPS) is 14.2. The van der Waals surface area contributed by atoms with Crippen LogP contribution < -0.4 is 5.32 Å². The van der Waals surface area contributed by atoms with E-state index in [0.717, 1.165) is 12.3 Å². The van der Waals surface area contributed by atoms with Crippen LogP contribution in [0.1, 0.15) is 16.8 Å². The van der Waals surface area contributed by atoms with Crippen molar-refractivity contribution >= 4 is 34.5 Å². The Balaban J connectivity index is 2.33. The summed E-state index contributed by atoms with van der Waals surface area (Å²) in [4.78, 5) is 17.9. The third-order valence-electron chi connectivity index (χ3n) is 4.62. The van der Waals surface area contributed by atoms with Gasteiger partial charge in [0.05, 0.1) is 28.1 Å². The molecule has 0 unspecified atom stereocenters. The van der Waals surface area contributed by atoms with Gasteiger partial charge in [-0.3, -0.25) is 4.79 Å². The van der Waals surface area contributed by atoms with Crippen LogP contribution in [0.25, 0.3) is 11.3 Å². The van der Waals surface area contributed by atoms with E-state index < -0.39 is 35.8 Å². The summed E-state index contributed by atoms with van der Waals surface area (Å²) >= 11 is 6.11. The van der Waals surface area contributed by atoms with Crippen molar-refractivity contribution in [1.82, 2.24) is 15.1 Å². The Morgan fingerprint density at radius 2 is 2.09 bits per heavy atom. The van der Waals surface area contributed by atoms with Crippen LogP contribution in [0.5, 0.6) is 0 Å². The molecular weight excluding hydrogens is 464 g/mol. The molecule has 0 saturated carbocycles. The first-order chi connectivity index (χ1) is 15.6. The Labute approximate surface area is 191 Å². The molecule has 6 nitrogen and oxygen atoms in total. The maximum absolute atomic E-state index is 14.6. The second-order valence-electron chi connectivity index (χ2n) is 6.65. The SMILES string of the molecule is C=C/C=C\C(=C)n1ncc(C2=C(C(=O)NC)C(c3c(F)cccc3Cl)=NOC2)c1C(F)(F)F. The molecule has 0 bridgehead atoms. The Bertz CT molecular complexity index is 1210. The minimum Gasteiger partial charge on any atom is -0.390 e. The number of rotatable bonds is 6. The van der Waals surface area contributed by atoms with Crippen molar-refractivity contribution in [3.8, 4) is 0 Å². The van der Waals surface area contributed by atoms with Gasteiger partial charge in [-0.25, -0.2) is 9.07 Å². The number of carbonyl (C=O) groups excluding carboxylic acids is 1. The number of halogens is 5. The fourth-order valence-corrected chi connectivity index (χ4v) is 3.46. The van der Waals surface area contributed by atoms with Crippen molar-refractivity contribution in [2.75, 3.05) is 13.7 Å². The number of hydrogen-bond acceptors (Lipinski definition) is 4. The van der Waals surface area contributed by atoms with Crippen molar-refractivity contribution in [3.05, 3.63) is 89.0 Å². The number of amides is 1. The number of likely N-dealkylation sites (N-methyl/N-ethyl adjacent to an activating group) is 1. The van der Waals surface area contributed by atoms with Crippen molar-refractivity contribution in [1.29, 1.82) is 0 Å². The molecular formula is C22H17ClF4N4O2. The molecule has 1 N–H and O–H groups in total. The first kappa shape index (κ1) is 24.0. The highest BCUT2D eigenvalue weighted by Crippen LogP contribution is 2.39. The van der Waals surface area contributed by atoms with Crippen molar-refractivity contribution in [3.63, 3.8) is 0 Å². The summed E-state index contributed by atoms with van der Waals surface area (Å²) in [5.74, 6) is -1.64. The first-order valence-corrected chi connectivity index (χ1v) is 9.73. The molecule has 172 valence electrons. The number of nitrogens with zero attached hydrogens (tertiary/aromatic N) is 3. The Kier molecular flexibility index (Phi) is 6.87. The molecule has 1 aromatic carbocycles. The maximum atomic E-state index is 14.6. The third-order valence-corrected chi connectivity index (χ3v) is 4.93. The second kappa shape index (κ2) is 9.45. The van der Waals surface area contributed by atoms with E-state index in [1.807, 2.05) is 0 Å². The lowest BCUT2D eigenvalue weighted by molar-refractivity contribution is -0.142. The molecule has 2 heterocycles. The van der Waals surface area contributed by atoms with Gasteiger partial charge >= 0.3 is 6.18 Å². The zero-order chi connectivity index (χ0) is 24.3. The molecule has 1 aliphatic heterocycles. The second-order valence-corrected chi connectivity index (χ2v) is 7.05. The highest BCUT2D eigenvalue weighted by atomic mass is 35.5. The zero-order valence-electron chi connectivity index (χ0n) is 17.2. The van der Waals surface area contributed by atoms with Gasteiger partial charge in [0.1, 0.15) is 18.1 Å². The van der Waals surface area contributed by atoms with Crippen LogP contribution in [0.4, 0.5) is 17.6 Å². The number of benzene rings is 1. The molecule has 1 amide bonds. The van der Waals surface area contributed by atoms with Crippen molar-refractivity contribution in [2.24, 2.45) is 5.16 Å². The van der Waals surface area contributed by atoms with Crippen LogP contribution in [0.2, 0.25) is 5.02 Å². The Morgan fingerprint density at radius 1 is 1.36 bits per heavy atom. The van der Waals surface area contributed by atoms with E-state index in [0.29, 0.717) is 4.68 Å². The van der Waals surface area contributed by atoms with E-state index in [4.69, 9.17) is 16.4 Å². The van der Waals surface area contributed by atoms with Crippen LogP contribution in [0.3, 0.4) is 0 Å². The van der Waals surface area contributed by atoms with E-state index in [9.17, 15) is 22.4 Å². The van der Waals surface area contributed by atoms with Crippen LogP contribution in [0, 0.1) is 5.82 Å². The standard InChI is InChI=1S/C22H17ClF4N4O2/c1-4-5-7-12(2)31-20(22(25,26)27)13(10-29-31)14-11-33-30-19(17(14)21(32)28-3)18-15(23)8-6-9-16(18)24/h4-10H,1-2,11H2,3H3,(H,28,32)/b7-5-. The van der Waals surface area contributed by atoms with Gasteiger partial charge in [-0.05, 0) is 18.2 Å². The summed E-state index contributed by atoms with van der Waals surface area (Å²) in [6.45, 7) is 6.57. The average molecular weight is 481 g/mol. The van der Waals surface area contributed by atoms with E-state index >= 15 is 0 Å². The fraction of sp³-hybridized carbons (Fsp3) is 0.136. The molecule has 1 aliphatic rings. The van der Waals surface area contributed by atoms with E-state index in [1.165, 1.54) is 37.4 Å². The van der Waals surface area contributed by atoms with E-state index in [-0.39, 0.29) is 33.1 Å². The topological polar surface area (TPSA) is 68.5 Å². The smallest absolute Gasteiger partial charge is 0.390 e. The first-order valence-electron chi connectivity index (χ1n) is 9.35. The monoisotopic (exact) mass is 480 g/mol. The van der Waals surface area contributed by atoms with Crippen LogP contribution in [-0.4, -0.2) is 35.1 Å². The molecule has 0 spiro atoms. The number of carbonyl (C=O) groups is 1. The number of alkyl halides is 3. The third kappa shape index (κ3) is 4.61. The molecule has 3 rings (SSSR count). The number of hydrogen-bond donors (Lipinski definition) is 1. The minimum atomic E-state index is -4.89. The van der Waals surface area contributed by atoms with Gasteiger partial charge in [-0.1, -0.05) is 48.1 Å². The van der Waals surface area contributed by atoms with Crippen molar-refractivity contribution in [2.45, 2.75) is 6.18 Å². The lowest BCUT2D eigenvalue weighted by Crippen LogP contribution is -2.30. The van der Waals surface area contributed by atoms with Crippen LogP contribution >= 0.6 is 11.6 Å². The molecule has 1 aromatic heterocycles. The van der Waals surface area contributed by atoms with Gasteiger partial charge in [0, 0.05) is 18.2 Å². The van der Waals surface area contributed by atoms with E-state index in [1.54, 1.807) is 0 Å². The zero-order valence-corrected chi connectivity index (χ0v) is 18.0. The van der Waals surface area contributed by atoms with Crippen molar-refractivity contribution < 1.29 is 27.2 Å². The predicted octanol–water partition coefficient (Wildman–Crippen LogP) is 4.84. The molecule has 11 heteroatoms. The summed E-state index contributed by atoms with van der Waals surface area (Å²) in [5, 5.41) is 9.80.